The van der Waals surface area contributed by atoms with Crippen molar-refractivity contribution >= 4 is 5.69 Å². The summed E-state index contributed by atoms with van der Waals surface area (Å²) in [6.45, 7) is 0.790. The molecule has 3 heteroatoms. The van der Waals surface area contributed by atoms with Crippen molar-refractivity contribution in [3.05, 3.63) is 16.8 Å². The Labute approximate surface area is 89.6 Å². The third-order valence-corrected chi connectivity index (χ3v) is 3.39. The number of rotatable bonds is 0. The zero-order valence-electron chi connectivity index (χ0n) is 8.88. The van der Waals surface area contributed by atoms with Crippen LogP contribution in [-0.2, 0) is 19.3 Å². The second-order valence-corrected chi connectivity index (χ2v) is 4.39. The molecule has 3 rings (SSSR count). The van der Waals surface area contributed by atoms with Crippen molar-refractivity contribution in [2.24, 2.45) is 0 Å². The minimum atomic E-state index is 0.790. The van der Waals surface area contributed by atoms with Crippen LogP contribution in [0.5, 0.6) is 5.88 Å². The number of aryl methyl sites for hydroxylation is 1. The van der Waals surface area contributed by atoms with Gasteiger partial charge in [-0.3, -0.25) is 0 Å². The van der Waals surface area contributed by atoms with Crippen LogP contribution in [0.25, 0.3) is 0 Å². The minimum Gasteiger partial charge on any atom is -0.477 e. The highest BCUT2D eigenvalue weighted by Crippen LogP contribution is 2.35. The van der Waals surface area contributed by atoms with Crippen molar-refractivity contribution in [1.29, 1.82) is 0 Å². The van der Waals surface area contributed by atoms with Gasteiger partial charge in [-0.25, -0.2) is 4.98 Å². The molecule has 0 radical (unpaired) electrons. The molecule has 2 heterocycles. The number of nitrogens with two attached hydrogens (primary N) is 1. The first-order chi connectivity index (χ1) is 7.36. The number of anilines is 1. The first-order valence-electron chi connectivity index (χ1n) is 5.79. The molecule has 1 aliphatic carbocycles. The van der Waals surface area contributed by atoms with Gasteiger partial charge in [0.25, 0.3) is 0 Å². The molecule has 0 saturated heterocycles. The fraction of sp³-hybridized carbons (Fsp3) is 0.583. The molecule has 0 aromatic carbocycles. The Balaban J connectivity index is 2.16. The molecule has 0 amide bonds. The highest BCUT2D eigenvalue weighted by molar-refractivity contribution is 5.60. The maximum Gasteiger partial charge on any atom is 0.218 e. The van der Waals surface area contributed by atoms with Crippen molar-refractivity contribution in [3.8, 4) is 5.88 Å². The van der Waals surface area contributed by atoms with E-state index in [9.17, 15) is 0 Å². The van der Waals surface area contributed by atoms with Crippen LogP contribution in [-0.4, -0.2) is 11.6 Å². The lowest BCUT2D eigenvalue weighted by Crippen LogP contribution is -2.17. The lowest BCUT2D eigenvalue weighted by atomic mass is 9.92. The van der Waals surface area contributed by atoms with Crippen LogP contribution in [0.1, 0.15) is 36.1 Å². The summed E-state index contributed by atoms with van der Waals surface area (Å²) < 4.78 is 5.58. The van der Waals surface area contributed by atoms with Crippen molar-refractivity contribution < 1.29 is 4.74 Å². The van der Waals surface area contributed by atoms with Crippen molar-refractivity contribution in [1.82, 2.24) is 4.98 Å². The van der Waals surface area contributed by atoms with Crippen molar-refractivity contribution in [2.75, 3.05) is 12.3 Å². The Kier molecular flexibility index (Phi) is 2.04. The van der Waals surface area contributed by atoms with Gasteiger partial charge in [0.15, 0.2) is 0 Å². The number of pyridine rings is 1. The van der Waals surface area contributed by atoms with E-state index in [-0.39, 0.29) is 0 Å². The van der Waals surface area contributed by atoms with E-state index < -0.39 is 0 Å². The van der Waals surface area contributed by atoms with Crippen LogP contribution in [0.4, 0.5) is 5.69 Å². The van der Waals surface area contributed by atoms with Crippen LogP contribution < -0.4 is 10.5 Å². The van der Waals surface area contributed by atoms with Gasteiger partial charge >= 0.3 is 0 Å². The fourth-order valence-electron chi connectivity index (χ4n) is 2.57. The standard InChI is InChI=1S/C12H16N2O/c13-11-8-4-1-2-6-10(8)14-12-9(11)5-3-7-15-12/h1-7H2,(H2,13,14). The molecular weight excluding hydrogens is 188 g/mol. The fourth-order valence-corrected chi connectivity index (χ4v) is 2.57. The van der Waals surface area contributed by atoms with E-state index in [4.69, 9.17) is 10.5 Å². The molecule has 0 spiro atoms. The van der Waals surface area contributed by atoms with Gasteiger partial charge in [-0.15, -0.1) is 0 Å². The van der Waals surface area contributed by atoms with Crippen LogP contribution in [0.2, 0.25) is 0 Å². The third-order valence-electron chi connectivity index (χ3n) is 3.39. The predicted molar refractivity (Wildman–Crippen MR) is 59.1 cm³/mol. The van der Waals surface area contributed by atoms with E-state index in [1.165, 1.54) is 24.1 Å². The Hall–Kier alpha value is -1.25. The predicted octanol–water partition coefficient (Wildman–Crippen LogP) is 1.87. The molecule has 1 aliphatic heterocycles. The molecule has 0 bridgehead atoms. The average Bonchev–Trinajstić information content (AvgIpc) is 2.30. The van der Waals surface area contributed by atoms with E-state index in [0.29, 0.717) is 0 Å². The van der Waals surface area contributed by atoms with Crippen LogP contribution in [0, 0.1) is 0 Å². The van der Waals surface area contributed by atoms with E-state index in [0.717, 1.165) is 49.4 Å². The summed E-state index contributed by atoms with van der Waals surface area (Å²) in [4.78, 5) is 4.61. The first kappa shape index (κ1) is 9.01. The zero-order chi connectivity index (χ0) is 10.3. The van der Waals surface area contributed by atoms with Gasteiger partial charge in [-0.2, -0.15) is 0 Å². The first-order valence-corrected chi connectivity index (χ1v) is 5.79. The van der Waals surface area contributed by atoms with Crippen LogP contribution >= 0.6 is 0 Å². The summed E-state index contributed by atoms with van der Waals surface area (Å²) in [5.41, 5.74) is 10.8. The van der Waals surface area contributed by atoms with Crippen molar-refractivity contribution in [2.45, 2.75) is 38.5 Å². The largest absolute Gasteiger partial charge is 0.477 e. The van der Waals surface area contributed by atoms with Gasteiger partial charge in [0.2, 0.25) is 5.88 Å². The third kappa shape index (κ3) is 1.37. The summed E-state index contributed by atoms with van der Waals surface area (Å²) in [5, 5.41) is 0. The number of aromatic nitrogens is 1. The van der Waals surface area contributed by atoms with E-state index in [1.807, 2.05) is 0 Å². The van der Waals surface area contributed by atoms with Gasteiger partial charge in [0.05, 0.1) is 6.61 Å². The summed E-state index contributed by atoms with van der Waals surface area (Å²) in [6, 6.07) is 0. The second-order valence-electron chi connectivity index (χ2n) is 4.39. The summed E-state index contributed by atoms with van der Waals surface area (Å²) in [5.74, 6) is 0.805. The zero-order valence-corrected chi connectivity index (χ0v) is 8.88. The average molecular weight is 204 g/mol. The highest BCUT2D eigenvalue weighted by atomic mass is 16.5. The van der Waals surface area contributed by atoms with Crippen LogP contribution in [0.3, 0.4) is 0 Å². The molecule has 0 atom stereocenters. The van der Waals surface area contributed by atoms with E-state index >= 15 is 0 Å². The number of ether oxygens (including phenoxy) is 1. The molecule has 3 nitrogen and oxygen atoms in total. The monoisotopic (exact) mass is 204 g/mol. The number of fused-ring (bicyclic) bond motifs is 2. The Morgan fingerprint density at radius 1 is 1.00 bits per heavy atom. The summed E-state index contributed by atoms with van der Waals surface area (Å²) >= 11 is 0. The van der Waals surface area contributed by atoms with Gasteiger partial charge in [0, 0.05) is 16.9 Å². The minimum absolute atomic E-state index is 0.790. The second kappa shape index (κ2) is 3.40. The molecular formula is C12H16N2O. The van der Waals surface area contributed by atoms with Gasteiger partial charge in [-0.1, -0.05) is 0 Å². The molecule has 1 aromatic heterocycles. The number of hydrogen-bond donors (Lipinski definition) is 1. The van der Waals surface area contributed by atoms with Crippen LogP contribution in [0.15, 0.2) is 0 Å². The van der Waals surface area contributed by atoms with E-state index in [1.54, 1.807) is 0 Å². The highest BCUT2D eigenvalue weighted by Gasteiger charge is 2.22. The smallest absolute Gasteiger partial charge is 0.218 e. The topological polar surface area (TPSA) is 48.1 Å². The maximum atomic E-state index is 6.20. The number of hydrogen-bond acceptors (Lipinski definition) is 3. The normalized spacial score (nSPS) is 18.9. The van der Waals surface area contributed by atoms with Gasteiger partial charge in [-0.05, 0) is 44.1 Å². The lowest BCUT2D eigenvalue weighted by Gasteiger charge is -2.24. The Morgan fingerprint density at radius 2 is 1.80 bits per heavy atom. The molecule has 80 valence electrons. The summed E-state index contributed by atoms with van der Waals surface area (Å²) in [7, 11) is 0. The number of nitrogen functional groups attached to an aromatic ring is 1. The molecule has 2 aliphatic rings. The molecule has 15 heavy (non-hydrogen) atoms. The molecule has 0 saturated carbocycles. The van der Waals surface area contributed by atoms with Crippen molar-refractivity contribution in [3.63, 3.8) is 0 Å². The number of nitrogens with zero attached hydrogens (tertiary/aromatic N) is 1. The molecule has 0 fully saturated rings. The summed E-state index contributed by atoms with van der Waals surface area (Å²) in [6.07, 6.45) is 6.74. The van der Waals surface area contributed by atoms with E-state index in [2.05, 4.69) is 4.98 Å². The molecule has 0 unspecified atom stereocenters. The van der Waals surface area contributed by atoms with Gasteiger partial charge in [0.1, 0.15) is 0 Å². The molecule has 1 aromatic rings. The Morgan fingerprint density at radius 3 is 2.73 bits per heavy atom. The maximum absolute atomic E-state index is 6.20. The van der Waals surface area contributed by atoms with Gasteiger partial charge < -0.3 is 10.5 Å². The SMILES string of the molecule is Nc1c2c(nc3c1CCCO3)CCCC2. The molecule has 2 N–H and O–H groups in total. The lowest BCUT2D eigenvalue weighted by molar-refractivity contribution is 0.275. The quantitative estimate of drug-likeness (QED) is 0.701. The Bertz CT molecular complexity index is 367.